The van der Waals surface area contributed by atoms with Crippen molar-refractivity contribution in [2.75, 3.05) is 25.3 Å². The number of halogens is 1. The molecule has 6 N–H and O–H groups in total. The Labute approximate surface area is 195 Å². The van der Waals surface area contributed by atoms with Gasteiger partial charge in [0.15, 0.2) is 5.15 Å². The van der Waals surface area contributed by atoms with Gasteiger partial charge in [-0.2, -0.15) is 0 Å². The highest BCUT2D eigenvalue weighted by Gasteiger charge is 2.19. The van der Waals surface area contributed by atoms with Crippen molar-refractivity contribution >= 4 is 41.0 Å². The van der Waals surface area contributed by atoms with E-state index in [0.29, 0.717) is 22.6 Å². The van der Waals surface area contributed by atoms with Crippen LogP contribution in [0.15, 0.2) is 58.3 Å². The van der Waals surface area contributed by atoms with Crippen LogP contribution in [0.3, 0.4) is 0 Å². The van der Waals surface area contributed by atoms with E-state index in [4.69, 9.17) is 23.1 Å². The summed E-state index contributed by atoms with van der Waals surface area (Å²) in [5, 5.41) is 4.44. The summed E-state index contributed by atoms with van der Waals surface area (Å²) in [7, 11) is 3.42. The van der Waals surface area contributed by atoms with Crippen molar-refractivity contribution in [2.45, 2.75) is 13.1 Å². The smallest absolute Gasteiger partial charge is 0.295 e. The maximum absolute atomic E-state index is 13.2. The van der Waals surface area contributed by atoms with Crippen LogP contribution in [0, 0.1) is 0 Å². The van der Waals surface area contributed by atoms with Crippen LogP contribution in [-0.2, 0) is 17.9 Å². The first-order chi connectivity index (χ1) is 15.8. The molecule has 11 heteroatoms. The van der Waals surface area contributed by atoms with Crippen molar-refractivity contribution in [3.63, 3.8) is 0 Å². The number of carbonyl (C=O) groups excluding carboxylic acids is 1. The summed E-state index contributed by atoms with van der Waals surface area (Å²) in [5.41, 5.74) is 16.5. The summed E-state index contributed by atoms with van der Waals surface area (Å²) >= 11 is 6.45. The number of anilines is 2. The molecule has 0 bridgehead atoms. The predicted molar refractivity (Wildman–Crippen MR) is 131 cm³/mol. The van der Waals surface area contributed by atoms with E-state index in [-0.39, 0.29) is 30.0 Å². The SMILES string of the molecule is CN(C)Nc1nc(Cl)c(-c2cccc(N)c2)n(CC(=O)NCc2ccc(N=CN)cc2)c1=O. The van der Waals surface area contributed by atoms with Crippen LogP contribution in [-0.4, -0.2) is 40.9 Å². The first-order valence-electron chi connectivity index (χ1n) is 9.98. The molecule has 0 unspecified atom stereocenters. The Morgan fingerprint density at radius 2 is 1.97 bits per heavy atom. The molecule has 1 amide bonds. The summed E-state index contributed by atoms with van der Waals surface area (Å²) < 4.78 is 1.28. The average Bonchev–Trinajstić information content (AvgIpc) is 2.76. The van der Waals surface area contributed by atoms with Gasteiger partial charge in [0.05, 0.1) is 17.7 Å². The second kappa shape index (κ2) is 10.6. The third-order valence-corrected chi connectivity index (χ3v) is 4.83. The fourth-order valence-electron chi connectivity index (χ4n) is 3.12. The quantitative estimate of drug-likeness (QED) is 0.171. The third kappa shape index (κ3) is 6.09. The molecule has 0 radical (unpaired) electrons. The molecule has 0 fully saturated rings. The van der Waals surface area contributed by atoms with Gasteiger partial charge in [0.1, 0.15) is 6.54 Å². The monoisotopic (exact) mass is 468 g/mol. The van der Waals surface area contributed by atoms with Crippen LogP contribution in [0.1, 0.15) is 5.56 Å². The van der Waals surface area contributed by atoms with Gasteiger partial charge in [-0.3, -0.25) is 19.6 Å². The molecule has 3 aromatic rings. The zero-order valence-corrected chi connectivity index (χ0v) is 19.0. The third-order valence-electron chi connectivity index (χ3n) is 4.56. The number of rotatable bonds is 8. The number of aliphatic imine (C=N–C) groups is 1. The number of nitrogens with zero attached hydrogens (tertiary/aromatic N) is 4. The van der Waals surface area contributed by atoms with Gasteiger partial charge < -0.3 is 16.8 Å². The number of nitrogen functional groups attached to an aromatic ring is 1. The Balaban J connectivity index is 1.90. The molecule has 33 heavy (non-hydrogen) atoms. The number of aromatic nitrogens is 2. The number of nitrogens with two attached hydrogens (primary N) is 2. The number of nitrogens with one attached hydrogen (secondary N) is 2. The molecule has 0 saturated heterocycles. The van der Waals surface area contributed by atoms with Crippen LogP contribution in [0.5, 0.6) is 0 Å². The Bertz CT molecular complexity index is 1220. The fraction of sp³-hybridized carbons (Fsp3) is 0.182. The van der Waals surface area contributed by atoms with E-state index in [1.54, 1.807) is 55.5 Å². The highest BCUT2D eigenvalue weighted by Crippen LogP contribution is 2.27. The molecular formula is C22H25ClN8O2. The van der Waals surface area contributed by atoms with E-state index in [9.17, 15) is 9.59 Å². The lowest BCUT2D eigenvalue weighted by molar-refractivity contribution is -0.121. The van der Waals surface area contributed by atoms with E-state index >= 15 is 0 Å². The van der Waals surface area contributed by atoms with Crippen LogP contribution < -0.4 is 27.8 Å². The summed E-state index contributed by atoms with van der Waals surface area (Å²) in [4.78, 5) is 34.1. The van der Waals surface area contributed by atoms with Crippen molar-refractivity contribution < 1.29 is 4.79 Å². The maximum atomic E-state index is 13.2. The van der Waals surface area contributed by atoms with E-state index in [1.807, 2.05) is 12.1 Å². The zero-order valence-electron chi connectivity index (χ0n) is 18.2. The van der Waals surface area contributed by atoms with Gasteiger partial charge >= 0.3 is 0 Å². The number of amides is 1. The first kappa shape index (κ1) is 23.8. The average molecular weight is 469 g/mol. The van der Waals surface area contributed by atoms with Gasteiger partial charge in [0.25, 0.3) is 5.56 Å². The second-order valence-corrected chi connectivity index (χ2v) is 7.70. The minimum Gasteiger partial charge on any atom is -0.399 e. The van der Waals surface area contributed by atoms with Crippen LogP contribution >= 0.6 is 11.6 Å². The molecule has 0 spiro atoms. The number of benzene rings is 2. The summed E-state index contributed by atoms with van der Waals surface area (Å²) in [6, 6.07) is 14.1. The van der Waals surface area contributed by atoms with Gasteiger partial charge in [-0.05, 0) is 29.8 Å². The molecule has 0 aliphatic heterocycles. The maximum Gasteiger partial charge on any atom is 0.295 e. The number of carbonyl (C=O) groups is 1. The van der Waals surface area contributed by atoms with E-state index in [2.05, 4.69) is 20.7 Å². The Kier molecular flexibility index (Phi) is 7.65. The molecule has 0 saturated carbocycles. The molecule has 2 aromatic carbocycles. The molecule has 3 rings (SSSR count). The largest absolute Gasteiger partial charge is 0.399 e. The van der Waals surface area contributed by atoms with E-state index in [0.717, 1.165) is 5.56 Å². The van der Waals surface area contributed by atoms with Gasteiger partial charge in [-0.1, -0.05) is 35.9 Å². The van der Waals surface area contributed by atoms with Crippen LogP contribution in [0.2, 0.25) is 5.15 Å². The lowest BCUT2D eigenvalue weighted by Gasteiger charge is -2.18. The Morgan fingerprint density at radius 3 is 2.61 bits per heavy atom. The molecule has 0 aliphatic carbocycles. The summed E-state index contributed by atoms with van der Waals surface area (Å²) in [5.74, 6) is -0.370. The minimum absolute atomic E-state index is 0.00139. The van der Waals surface area contributed by atoms with E-state index < -0.39 is 5.56 Å². The standard InChI is InChI=1S/C22H25ClN8O2/c1-30(2)29-21-22(33)31(19(20(23)28-21)15-4-3-5-16(25)10-15)12-18(32)26-11-14-6-8-17(9-7-14)27-13-24/h3-10,13H,11-12,25H2,1-2H3,(H2,24,27)(H,26,32)(H,28,29). The van der Waals surface area contributed by atoms with Gasteiger partial charge in [-0.25, -0.2) is 15.0 Å². The normalized spacial score (nSPS) is 11.2. The fourth-order valence-corrected chi connectivity index (χ4v) is 3.42. The number of hydrogen-bond acceptors (Lipinski definition) is 7. The molecule has 172 valence electrons. The van der Waals surface area contributed by atoms with E-state index in [1.165, 1.54) is 10.9 Å². The molecule has 1 aromatic heterocycles. The molecular weight excluding hydrogens is 444 g/mol. The van der Waals surface area contributed by atoms with Gasteiger partial charge in [-0.15, -0.1) is 0 Å². The first-order valence-corrected chi connectivity index (χ1v) is 10.4. The predicted octanol–water partition coefficient (Wildman–Crippen LogP) is 1.97. The van der Waals surface area contributed by atoms with Crippen molar-refractivity contribution in [1.29, 1.82) is 0 Å². The van der Waals surface area contributed by atoms with Crippen LogP contribution in [0.4, 0.5) is 17.2 Å². The summed E-state index contributed by atoms with van der Waals surface area (Å²) in [6.07, 6.45) is 1.21. The van der Waals surface area contributed by atoms with Gasteiger partial charge in [0.2, 0.25) is 11.7 Å². The molecule has 1 heterocycles. The topological polar surface area (TPSA) is 144 Å². The highest BCUT2D eigenvalue weighted by molar-refractivity contribution is 6.32. The molecule has 0 atom stereocenters. The number of hydrogen-bond donors (Lipinski definition) is 4. The molecule has 10 nitrogen and oxygen atoms in total. The Hall–Kier alpha value is -3.89. The summed E-state index contributed by atoms with van der Waals surface area (Å²) in [6.45, 7) is 0.0122. The Morgan fingerprint density at radius 1 is 1.24 bits per heavy atom. The van der Waals surface area contributed by atoms with Crippen molar-refractivity contribution in [3.05, 3.63) is 69.6 Å². The van der Waals surface area contributed by atoms with Gasteiger partial charge in [0, 0.05) is 31.9 Å². The lowest BCUT2D eigenvalue weighted by Crippen LogP contribution is -2.36. The van der Waals surface area contributed by atoms with Crippen molar-refractivity contribution in [1.82, 2.24) is 19.9 Å². The lowest BCUT2D eigenvalue weighted by atomic mass is 10.1. The van der Waals surface area contributed by atoms with Crippen LogP contribution in [0.25, 0.3) is 11.3 Å². The van der Waals surface area contributed by atoms with Crippen molar-refractivity contribution in [2.24, 2.45) is 10.7 Å². The highest BCUT2D eigenvalue weighted by atomic mass is 35.5. The second-order valence-electron chi connectivity index (χ2n) is 7.34. The minimum atomic E-state index is -0.496. The van der Waals surface area contributed by atoms with Crippen molar-refractivity contribution in [3.8, 4) is 11.3 Å². The number of hydrazine groups is 1. The zero-order chi connectivity index (χ0) is 24.0. The molecule has 0 aliphatic rings.